The molecule has 13 heteroatoms. The lowest BCUT2D eigenvalue weighted by Crippen LogP contribution is -2.67. The van der Waals surface area contributed by atoms with Gasteiger partial charge in [0.1, 0.15) is 17.3 Å². The molecule has 1 fully saturated rings. The van der Waals surface area contributed by atoms with Gasteiger partial charge in [-0.05, 0) is 44.5 Å². The number of phenols is 1. The maximum absolute atomic E-state index is 14.3. The number of hydrogen-bond donors (Lipinski definition) is 5. The molecule has 1 heterocycles. The predicted octanol–water partition coefficient (Wildman–Crippen LogP) is 2.03. The van der Waals surface area contributed by atoms with Crippen LogP contribution >= 0.6 is 0 Å². The summed E-state index contributed by atoms with van der Waals surface area (Å²) in [7, 11) is 6.85. The van der Waals surface area contributed by atoms with Crippen molar-refractivity contribution in [1.82, 2.24) is 10.2 Å². The minimum Gasteiger partial charge on any atom is -0.510 e. The maximum Gasteiger partial charge on any atom is 0.401 e. The lowest BCUT2D eigenvalue weighted by molar-refractivity contribution is -0.153. The number of phenolic OH excluding ortho intramolecular Hbond substituents is 1. The molecule has 5 rings (SSSR count). The Balaban J connectivity index is 1.65. The van der Waals surface area contributed by atoms with Crippen molar-refractivity contribution < 1.29 is 42.8 Å². The highest BCUT2D eigenvalue weighted by Gasteiger charge is 2.68. The van der Waals surface area contributed by atoms with Crippen molar-refractivity contribution in [2.75, 3.05) is 39.6 Å². The second-order valence-corrected chi connectivity index (χ2v) is 11.1. The van der Waals surface area contributed by atoms with Crippen LogP contribution in [-0.4, -0.2) is 84.5 Å². The number of benzene rings is 1. The smallest absolute Gasteiger partial charge is 0.401 e. The fourth-order valence-corrected chi connectivity index (χ4v) is 6.74. The first-order valence-electron chi connectivity index (χ1n) is 12.7. The molecule has 0 unspecified atom stereocenters. The first-order chi connectivity index (χ1) is 18.6. The summed E-state index contributed by atoms with van der Waals surface area (Å²) in [5.41, 5.74) is 5.04. The van der Waals surface area contributed by atoms with Gasteiger partial charge in [-0.1, -0.05) is 0 Å². The quantitative estimate of drug-likeness (QED) is 0.350. The monoisotopic (exact) mass is 564 g/mol. The van der Waals surface area contributed by atoms with Gasteiger partial charge in [0.25, 0.3) is 5.91 Å². The van der Waals surface area contributed by atoms with Crippen molar-refractivity contribution in [1.29, 1.82) is 0 Å². The summed E-state index contributed by atoms with van der Waals surface area (Å²) < 4.78 is 44.0. The van der Waals surface area contributed by atoms with E-state index in [1.165, 1.54) is 6.26 Å². The molecule has 1 aliphatic heterocycles. The lowest BCUT2D eigenvalue weighted by atomic mass is 9.54. The normalized spacial score (nSPS) is 27.2. The van der Waals surface area contributed by atoms with Crippen LogP contribution in [0.25, 0.3) is 5.76 Å². The van der Waals surface area contributed by atoms with Gasteiger partial charge in [0.2, 0.25) is 11.4 Å². The van der Waals surface area contributed by atoms with Crippen LogP contribution in [0.4, 0.5) is 18.9 Å². The zero-order valence-electron chi connectivity index (χ0n) is 22.4. The summed E-state index contributed by atoms with van der Waals surface area (Å²) in [5, 5.41) is 36.0. The van der Waals surface area contributed by atoms with Gasteiger partial charge in [-0.15, -0.1) is 0 Å². The number of aromatic hydroxyl groups is 1. The van der Waals surface area contributed by atoms with Crippen molar-refractivity contribution in [2.24, 2.45) is 17.6 Å². The molecular formula is C27H31F3N4O6. The number of likely N-dealkylation sites (N-methyl/N-ethyl adjacent to an activating group) is 1. The number of nitrogens with zero attached hydrogens (tertiary/aromatic N) is 2. The number of nitrogens with one attached hydrogen (secondary N) is 1. The van der Waals surface area contributed by atoms with Crippen LogP contribution in [0.15, 0.2) is 34.8 Å². The zero-order chi connectivity index (χ0) is 29.5. The van der Waals surface area contributed by atoms with Gasteiger partial charge in [-0.2, -0.15) is 13.2 Å². The Morgan fingerprint density at radius 2 is 1.90 bits per heavy atom. The van der Waals surface area contributed by atoms with Crippen LogP contribution in [0.3, 0.4) is 0 Å². The van der Waals surface area contributed by atoms with Crippen molar-refractivity contribution in [3.05, 3.63) is 51.5 Å². The van der Waals surface area contributed by atoms with Gasteiger partial charge in [0.05, 0.1) is 35.6 Å². The number of alkyl halides is 3. The van der Waals surface area contributed by atoms with Gasteiger partial charge in [0.15, 0.2) is 0 Å². The molecule has 0 bridgehead atoms. The highest BCUT2D eigenvalue weighted by atomic mass is 19.4. The van der Waals surface area contributed by atoms with E-state index in [9.17, 15) is 38.1 Å². The predicted molar refractivity (Wildman–Crippen MR) is 138 cm³/mol. The lowest BCUT2D eigenvalue weighted by Gasteiger charge is -2.56. The molecule has 0 saturated heterocycles. The number of carbonyl (C=O) groups is 2. The SMILES string of the molecule is CN(C)c1cc(CNCC(F)(F)F)c(O)c2c1C[C@H]1C[C@H]3[C@H](N(C)C)C(O)=C(C(N)=O)C4=CO[C@@]43C(=O)C1=C2O. The van der Waals surface area contributed by atoms with Crippen molar-refractivity contribution >= 4 is 23.1 Å². The van der Waals surface area contributed by atoms with Crippen molar-refractivity contribution in [3.63, 3.8) is 0 Å². The summed E-state index contributed by atoms with van der Waals surface area (Å²) in [4.78, 5) is 30.0. The van der Waals surface area contributed by atoms with Crippen LogP contribution in [0.5, 0.6) is 5.75 Å². The van der Waals surface area contributed by atoms with Gasteiger partial charge in [-0.25, -0.2) is 0 Å². The number of Topliss-reactive ketones (excluding diaryl/α,β-unsaturated/α-hetero) is 1. The van der Waals surface area contributed by atoms with Crippen LogP contribution in [0.2, 0.25) is 0 Å². The number of amides is 1. The minimum absolute atomic E-state index is 0.00234. The number of aliphatic hydroxyl groups is 2. The largest absolute Gasteiger partial charge is 0.510 e. The third kappa shape index (κ3) is 3.85. The van der Waals surface area contributed by atoms with E-state index in [-0.39, 0.29) is 53.0 Å². The zero-order valence-corrected chi connectivity index (χ0v) is 22.4. The minimum atomic E-state index is -4.46. The second-order valence-electron chi connectivity index (χ2n) is 11.1. The molecule has 4 aliphatic rings. The van der Waals surface area contributed by atoms with E-state index in [0.29, 0.717) is 11.3 Å². The Kier molecular flexibility index (Phi) is 6.38. The van der Waals surface area contributed by atoms with Gasteiger partial charge >= 0.3 is 6.18 Å². The summed E-state index contributed by atoms with van der Waals surface area (Å²) in [6, 6.07) is 0.784. The standard InChI is InChI=1S/C27H31F3N4O6/c1-33(2)16-7-12(8-32-10-26(28,29)30)21(35)18-13(16)5-11-6-14-20(34(3)4)23(37)19(25(31)39)15-9-40-27(14,15)24(38)17(11)22(18)36/h7,9,11,14,20,32,35-37H,5-6,8,10H2,1-4H3,(H2,31,39)/t11-,14-,20-,27+/m0/s1. The molecule has 10 nitrogen and oxygen atoms in total. The third-order valence-corrected chi connectivity index (χ3v) is 8.33. The number of nitrogens with two attached hydrogens (primary N) is 1. The second kappa shape index (κ2) is 9.16. The Morgan fingerprint density at radius 3 is 2.42 bits per heavy atom. The van der Waals surface area contributed by atoms with Gasteiger partial charge in [-0.3, -0.25) is 14.5 Å². The Bertz CT molecular complexity index is 1410. The summed E-state index contributed by atoms with van der Waals surface area (Å²) in [6.45, 7) is -1.61. The number of fused-ring (bicyclic) bond motifs is 2. The summed E-state index contributed by atoms with van der Waals surface area (Å²) in [6.07, 6.45) is -2.74. The molecule has 4 atom stereocenters. The van der Waals surface area contributed by atoms with E-state index in [1.54, 1.807) is 44.1 Å². The molecule has 1 saturated carbocycles. The van der Waals surface area contributed by atoms with Gasteiger partial charge in [0, 0.05) is 43.4 Å². The van der Waals surface area contributed by atoms with Crippen molar-refractivity contribution in [3.8, 4) is 5.75 Å². The van der Waals surface area contributed by atoms with E-state index in [0.717, 1.165) is 0 Å². The molecule has 216 valence electrons. The highest BCUT2D eigenvalue weighted by molar-refractivity contribution is 6.15. The molecule has 40 heavy (non-hydrogen) atoms. The van der Waals surface area contributed by atoms with Crippen LogP contribution in [-0.2, 0) is 27.3 Å². The topological polar surface area (TPSA) is 149 Å². The number of halogens is 3. The molecular weight excluding hydrogens is 533 g/mol. The van der Waals surface area contributed by atoms with E-state index in [2.05, 4.69) is 5.32 Å². The molecule has 3 aliphatic carbocycles. The van der Waals surface area contributed by atoms with Crippen molar-refractivity contribution in [2.45, 2.75) is 37.2 Å². The Labute approximate surface area is 228 Å². The van der Waals surface area contributed by atoms with E-state index < -0.39 is 59.4 Å². The van der Waals surface area contributed by atoms with Gasteiger partial charge < -0.3 is 36.0 Å². The van der Waals surface area contributed by atoms with Crippen LogP contribution in [0, 0.1) is 11.8 Å². The first-order valence-corrected chi connectivity index (χ1v) is 12.7. The third-order valence-electron chi connectivity index (χ3n) is 8.33. The summed E-state index contributed by atoms with van der Waals surface area (Å²) in [5.74, 6) is -3.86. The van der Waals surface area contributed by atoms with E-state index >= 15 is 0 Å². The summed E-state index contributed by atoms with van der Waals surface area (Å²) >= 11 is 0. The fraction of sp³-hybridized carbons (Fsp3) is 0.481. The average molecular weight is 565 g/mol. The molecule has 1 amide bonds. The molecule has 6 N–H and O–H groups in total. The number of ether oxygens (including phenoxy) is 1. The van der Waals surface area contributed by atoms with E-state index in [4.69, 9.17) is 10.5 Å². The Morgan fingerprint density at radius 1 is 1.23 bits per heavy atom. The molecule has 0 aromatic heterocycles. The average Bonchev–Trinajstić information content (AvgIpc) is 2.80. The number of aliphatic hydroxyl groups excluding tert-OH is 2. The fourth-order valence-electron chi connectivity index (χ4n) is 6.74. The van der Waals surface area contributed by atoms with Crippen LogP contribution < -0.4 is 16.0 Å². The Hall–Kier alpha value is -3.71. The number of hydrogen-bond acceptors (Lipinski definition) is 9. The number of rotatable bonds is 6. The maximum atomic E-state index is 14.3. The van der Waals surface area contributed by atoms with E-state index in [1.807, 2.05) is 0 Å². The molecule has 0 radical (unpaired) electrons. The molecule has 1 aromatic rings. The number of primary amides is 1. The van der Waals surface area contributed by atoms with Crippen LogP contribution in [0.1, 0.15) is 23.1 Å². The number of carbonyl (C=O) groups excluding carboxylic acids is 2. The number of anilines is 1. The highest BCUT2D eigenvalue weighted by Crippen LogP contribution is 2.59. The number of ketones is 1. The molecule has 1 spiro atoms. The molecule has 1 aromatic carbocycles. The first kappa shape index (κ1) is 27.8.